The summed E-state index contributed by atoms with van der Waals surface area (Å²) < 4.78 is 21.5. The minimum atomic E-state index is -0.269. The highest BCUT2D eigenvalue weighted by molar-refractivity contribution is 6.13. The molecule has 0 aliphatic carbocycles. The van der Waals surface area contributed by atoms with E-state index in [4.69, 9.17) is 23.9 Å². The van der Waals surface area contributed by atoms with E-state index >= 15 is 0 Å². The first-order chi connectivity index (χ1) is 15.7. The molecule has 2 heterocycles. The Morgan fingerprint density at radius 1 is 0.938 bits per heavy atom. The zero-order chi connectivity index (χ0) is 22.1. The van der Waals surface area contributed by atoms with Crippen molar-refractivity contribution in [3.8, 4) is 34.3 Å². The highest BCUT2D eigenvalue weighted by Crippen LogP contribution is 2.36. The summed E-state index contributed by atoms with van der Waals surface area (Å²) in [5.74, 6) is 2.23. The van der Waals surface area contributed by atoms with E-state index < -0.39 is 0 Å². The number of amides is 1. The summed E-state index contributed by atoms with van der Waals surface area (Å²) in [5, 5.41) is 3.70. The number of rotatable bonds is 5. The van der Waals surface area contributed by atoms with Crippen molar-refractivity contribution in [2.45, 2.75) is 0 Å². The second-order valence-corrected chi connectivity index (χ2v) is 7.16. The van der Waals surface area contributed by atoms with Gasteiger partial charge in [-0.15, -0.1) is 0 Å². The number of nitrogens with zero attached hydrogens (tertiary/aromatic N) is 1. The molecule has 1 aliphatic heterocycles. The van der Waals surface area contributed by atoms with Gasteiger partial charge in [-0.1, -0.05) is 18.2 Å². The lowest BCUT2D eigenvalue weighted by molar-refractivity contribution is 0.102. The number of benzene rings is 3. The molecule has 0 bridgehead atoms. The first kappa shape index (κ1) is 19.7. The molecule has 1 aromatic heterocycles. The molecule has 5 rings (SSSR count). The zero-order valence-electron chi connectivity index (χ0n) is 17.5. The number of hydrogen-bond donors (Lipinski definition) is 1. The van der Waals surface area contributed by atoms with Crippen LogP contribution in [0.3, 0.4) is 0 Å². The summed E-state index contributed by atoms with van der Waals surface area (Å²) in [4.78, 5) is 18.1. The molecule has 3 aromatic carbocycles. The maximum Gasteiger partial charge on any atom is 0.256 e. The van der Waals surface area contributed by atoms with Crippen LogP contribution in [-0.2, 0) is 0 Å². The Balaban J connectivity index is 1.57. The Morgan fingerprint density at radius 2 is 1.78 bits per heavy atom. The topological polar surface area (TPSA) is 78.9 Å². The number of nitrogens with one attached hydrogen (secondary N) is 1. The van der Waals surface area contributed by atoms with E-state index in [1.54, 1.807) is 38.5 Å². The Labute approximate surface area is 184 Å². The van der Waals surface area contributed by atoms with Crippen molar-refractivity contribution in [1.29, 1.82) is 0 Å². The van der Waals surface area contributed by atoms with Crippen molar-refractivity contribution < 1.29 is 23.7 Å². The van der Waals surface area contributed by atoms with Gasteiger partial charge in [-0.2, -0.15) is 0 Å². The maximum atomic E-state index is 13.4. The normalized spacial score (nSPS) is 11.9. The van der Waals surface area contributed by atoms with Gasteiger partial charge in [0.15, 0.2) is 11.5 Å². The molecule has 0 saturated heterocycles. The van der Waals surface area contributed by atoms with Gasteiger partial charge >= 0.3 is 0 Å². The molecular weight excluding hydrogens is 408 g/mol. The summed E-state index contributed by atoms with van der Waals surface area (Å²) in [6, 6.07) is 20.2. The fraction of sp³-hybridized carbons (Fsp3) is 0.120. The quantitative estimate of drug-likeness (QED) is 0.487. The number of aromatic nitrogens is 1. The molecular formula is C25H20N2O5. The van der Waals surface area contributed by atoms with E-state index in [0.29, 0.717) is 39.9 Å². The molecule has 7 heteroatoms. The van der Waals surface area contributed by atoms with Crippen molar-refractivity contribution in [3.05, 3.63) is 72.3 Å². The molecule has 1 N–H and O–H groups in total. The summed E-state index contributed by atoms with van der Waals surface area (Å²) >= 11 is 0. The predicted octanol–water partition coefficient (Wildman–Crippen LogP) is 4.90. The smallest absolute Gasteiger partial charge is 0.256 e. The number of ether oxygens (including phenoxy) is 4. The van der Waals surface area contributed by atoms with Crippen LogP contribution in [0.15, 0.2) is 66.7 Å². The van der Waals surface area contributed by atoms with Crippen LogP contribution >= 0.6 is 0 Å². The second-order valence-electron chi connectivity index (χ2n) is 7.16. The fourth-order valence-corrected chi connectivity index (χ4v) is 3.66. The molecule has 0 fully saturated rings. The Kier molecular flexibility index (Phi) is 4.99. The van der Waals surface area contributed by atoms with E-state index in [-0.39, 0.29) is 12.7 Å². The van der Waals surface area contributed by atoms with Crippen LogP contribution in [0.2, 0.25) is 0 Å². The van der Waals surface area contributed by atoms with Crippen LogP contribution in [-0.4, -0.2) is 31.9 Å². The van der Waals surface area contributed by atoms with E-state index in [1.807, 2.05) is 42.5 Å². The summed E-state index contributed by atoms with van der Waals surface area (Å²) in [6.07, 6.45) is 0. The van der Waals surface area contributed by atoms with Crippen LogP contribution in [0.5, 0.6) is 23.0 Å². The summed E-state index contributed by atoms with van der Waals surface area (Å²) in [6.45, 7) is 0.196. The number of carbonyl (C=O) groups is 1. The number of methoxy groups -OCH3 is 2. The lowest BCUT2D eigenvalue weighted by Crippen LogP contribution is -2.14. The lowest BCUT2D eigenvalue weighted by Gasteiger charge is -2.14. The summed E-state index contributed by atoms with van der Waals surface area (Å²) in [5.41, 5.74) is 3.25. The Bertz CT molecular complexity index is 1340. The van der Waals surface area contributed by atoms with Crippen LogP contribution in [0, 0.1) is 0 Å². The molecule has 0 radical (unpaired) electrons. The highest BCUT2D eigenvalue weighted by Gasteiger charge is 2.18. The fourth-order valence-electron chi connectivity index (χ4n) is 3.66. The predicted molar refractivity (Wildman–Crippen MR) is 121 cm³/mol. The standard InChI is InChI=1S/C25H20N2O5/c1-29-16-8-9-20(23(12-16)30-2)27-25(28)18-13-21(26-19-6-4-3-5-17(18)19)15-7-10-22-24(11-15)32-14-31-22/h3-13H,14H2,1-2H3,(H,27,28). The van der Waals surface area contributed by atoms with Gasteiger partial charge in [-0.05, 0) is 42.5 Å². The summed E-state index contributed by atoms with van der Waals surface area (Å²) in [7, 11) is 3.12. The van der Waals surface area contributed by atoms with Crippen molar-refractivity contribution >= 4 is 22.5 Å². The van der Waals surface area contributed by atoms with Gasteiger partial charge in [0.05, 0.1) is 36.7 Å². The van der Waals surface area contributed by atoms with Crippen LogP contribution in [0.1, 0.15) is 10.4 Å². The van der Waals surface area contributed by atoms with Crippen LogP contribution in [0.4, 0.5) is 5.69 Å². The zero-order valence-corrected chi connectivity index (χ0v) is 17.5. The highest BCUT2D eigenvalue weighted by atomic mass is 16.7. The second kappa shape index (κ2) is 8.11. The average Bonchev–Trinajstić information content (AvgIpc) is 3.31. The van der Waals surface area contributed by atoms with E-state index in [2.05, 4.69) is 5.32 Å². The van der Waals surface area contributed by atoms with Crippen LogP contribution in [0.25, 0.3) is 22.2 Å². The number of para-hydroxylation sites is 1. The third-order valence-electron chi connectivity index (χ3n) is 5.29. The van der Waals surface area contributed by atoms with Gasteiger partial charge in [-0.25, -0.2) is 4.98 Å². The molecule has 4 aromatic rings. The van der Waals surface area contributed by atoms with Crippen molar-refractivity contribution in [2.24, 2.45) is 0 Å². The number of carbonyl (C=O) groups excluding carboxylic acids is 1. The number of hydrogen-bond acceptors (Lipinski definition) is 6. The van der Waals surface area contributed by atoms with Gasteiger partial charge in [0.25, 0.3) is 5.91 Å². The lowest BCUT2D eigenvalue weighted by atomic mass is 10.0. The molecule has 32 heavy (non-hydrogen) atoms. The molecule has 1 aliphatic rings. The van der Waals surface area contributed by atoms with Crippen LogP contribution < -0.4 is 24.3 Å². The monoisotopic (exact) mass is 428 g/mol. The molecule has 0 atom stereocenters. The SMILES string of the molecule is COc1ccc(NC(=O)c2cc(-c3ccc4c(c3)OCO4)nc3ccccc23)c(OC)c1. The van der Waals surface area contributed by atoms with E-state index in [0.717, 1.165) is 16.5 Å². The number of fused-ring (bicyclic) bond motifs is 2. The molecule has 160 valence electrons. The number of anilines is 1. The van der Waals surface area contributed by atoms with Gasteiger partial charge in [0, 0.05) is 17.0 Å². The van der Waals surface area contributed by atoms with Crippen molar-refractivity contribution in [1.82, 2.24) is 4.98 Å². The third kappa shape index (κ3) is 3.54. The Morgan fingerprint density at radius 3 is 2.62 bits per heavy atom. The Hall–Kier alpha value is -4.26. The molecule has 0 spiro atoms. The first-order valence-corrected chi connectivity index (χ1v) is 9.99. The third-order valence-corrected chi connectivity index (χ3v) is 5.29. The number of pyridine rings is 1. The van der Waals surface area contributed by atoms with Gasteiger partial charge in [0.1, 0.15) is 11.5 Å². The first-order valence-electron chi connectivity index (χ1n) is 9.99. The largest absolute Gasteiger partial charge is 0.497 e. The van der Waals surface area contributed by atoms with Gasteiger partial charge < -0.3 is 24.3 Å². The molecule has 0 saturated carbocycles. The van der Waals surface area contributed by atoms with Gasteiger partial charge in [-0.3, -0.25) is 4.79 Å². The minimum Gasteiger partial charge on any atom is -0.497 e. The molecule has 1 amide bonds. The minimum absolute atomic E-state index is 0.196. The van der Waals surface area contributed by atoms with E-state index in [1.165, 1.54) is 0 Å². The van der Waals surface area contributed by atoms with Crippen molar-refractivity contribution in [2.75, 3.05) is 26.3 Å². The van der Waals surface area contributed by atoms with Crippen molar-refractivity contribution in [3.63, 3.8) is 0 Å². The maximum absolute atomic E-state index is 13.4. The van der Waals surface area contributed by atoms with Gasteiger partial charge in [0.2, 0.25) is 6.79 Å². The average molecular weight is 428 g/mol. The molecule has 0 unspecified atom stereocenters. The molecule has 7 nitrogen and oxygen atoms in total. The van der Waals surface area contributed by atoms with E-state index in [9.17, 15) is 4.79 Å².